The summed E-state index contributed by atoms with van der Waals surface area (Å²) >= 11 is 0. The zero-order chi connectivity index (χ0) is 18.6. The Morgan fingerprint density at radius 1 is 1.24 bits per heavy atom. The van der Waals surface area contributed by atoms with Crippen LogP contribution >= 0.6 is 0 Å². The van der Waals surface area contributed by atoms with Crippen LogP contribution in [-0.2, 0) is 11.3 Å². The fourth-order valence-corrected chi connectivity index (χ4v) is 3.33. The number of anilines is 1. The molecule has 5 heteroatoms. The van der Waals surface area contributed by atoms with Crippen LogP contribution in [0.25, 0.3) is 0 Å². The molecule has 2 atom stereocenters. The van der Waals surface area contributed by atoms with E-state index in [1.165, 1.54) is 11.3 Å². The Kier molecular flexibility index (Phi) is 6.33. The monoisotopic (exact) mass is 347 g/mol. The third-order valence-corrected chi connectivity index (χ3v) is 4.32. The minimum absolute atomic E-state index is 0.139. The van der Waals surface area contributed by atoms with Crippen LogP contribution in [0.2, 0.25) is 0 Å². The van der Waals surface area contributed by atoms with E-state index in [2.05, 4.69) is 46.3 Å². The van der Waals surface area contributed by atoms with Gasteiger partial charge in [0.05, 0.1) is 0 Å². The van der Waals surface area contributed by atoms with Crippen molar-refractivity contribution in [2.75, 3.05) is 32.1 Å². The zero-order valence-electron chi connectivity index (χ0n) is 16.5. The average Bonchev–Trinajstić information content (AvgIpc) is 2.44. The van der Waals surface area contributed by atoms with Gasteiger partial charge in [-0.2, -0.15) is 0 Å². The normalized spacial score (nSPS) is 21.7. The first-order chi connectivity index (χ1) is 11.6. The lowest BCUT2D eigenvalue weighted by Crippen LogP contribution is -2.50. The fourth-order valence-electron chi connectivity index (χ4n) is 3.33. The standard InChI is InChI=1S/C20H33N3O2/c1-15-11-17(21-19(24)25-20(2,3)4)14-23(12-15)13-16-7-9-18(10-8-16)22(5)6/h7-10,15,17H,11-14H2,1-6H3,(H,21,24)/t15-,17+/m0/s1. The molecule has 0 bridgehead atoms. The summed E-state index contributed by atoms with van der Waals surface area (Å²) in [5, 5.41) is 3.04. The van der Waals surface area contributed by atoms with Crippen LogP contribution in [0.4, 0.5) is 10.5 Å². The van der Waals surface area contributed by atoms with Crippen LogP contribution in [0.3, 0.4) is 0 Å². The summed E-state index contributed by atoms with van der Waals surface area (Å²) in [4.78, 5) is 16.6. The van der Waals surface area contributed by atoms with Gasteiger partial charge in [0.25, 0.3) is 0 Å². The second-order valence-corrected chi connectivity index (χ2v) is 8.44. The highest BCUT2D eigenvalue weighted by atomic mass is 16.6. The Balaban J connectivity index is 1.92. The summed E-state index contributed by atoms with van der Waals surface area (Å²) in [6.45, 7) is 10.7. The van der Waals surface area contributed by atoms with Gasteiger partial charge in [-0.15, -0.1) is 0 Å². The van der Waals surface area contributed by atoms with E-state index in [4.69, 9.17) is 4.74 Å². The summed E-state index contributed by atoms with van der Waals surface area (Å²) in [5.74, 6) is 0.551. The van der Waals surface area contributed by atoms with Crippen LogP contribution in [-0.4, -0.2) is 49.8 Å². The maximum atomic E-state index is 12.0. The number of nitrogens with zero attached hydrogens (tertiary/aromatic N) is 2. The molecule has 0 radical (unpaired) electrons. The Morgan fingerprint density at radius 3 is 2.44 bits per heavy atom. The highest BCUT2D eigenvalue weighted by Gasteiger charge is 2.27. The Labute approximate surface area is 152 Å². The molecule has 25 heavy (non-hydrogen) atoms. The number of carbonyl (C=O) groups is 1. The summed E-state index contributed by atoms with van der Waals surface area (Å²) < 4.78 is 5.39. The SMILES string of the molecule is C[C@H]1C[C@@H](NC(=O)OC(C)(C)C)CN(Cc2ccc(N(C)C)cc2)C1. The van der Waals surface area contributed by atoms with Crippen LogP contribution in [0.15, 0.2) is 24.3 Å². The predicted octanol–water partition coefficient (Wildman–Crippen LogP) is 3.49. The molecule has 5 nitrogen and oxygen atoms in total. The number of rotatable bonds is 4. The molecule has 1 heterocycles. The van der Waals surface area contributed by atoms with Crippen LogP contribution in [0.1, 0.15) is 39.7 Å². The number of alkyl carbamates (subject to hydrolysis) is 1. The number of likely N-dealkylation sites (tertiary alicyclic amines) is 1. The molecule has 0 saturated carbocycles. The van der Waals surface area contributed by atoms with E-state index in [0.717, 1.165) is 26.1 Å². The van der Waals surface area contributed by atoms with Gasteiger partial charge in [0.15, 0.2) is 0 Å². The summed E-state index contributed by atoms with van der Waals surface area (Å²) in [6.07, 6.45) is 0.678. The third kappa shape index (κ3) is 6.58. The molecule has 1 amide bonds. The maximum Gasteiger partial charge on any atom is 0.407 e. The van der Waals surface area contributed by atoms with Gasteiger partial charge in [0.2, 0.25) is 0 Å². The first kappa shape index (κ1) is 19.6. The highest BCUT2D eigenvalue weighted by molar-refractivity contribution is 5.68. The molecule has 0 unspecified atom stereocenters. The van der Waals surface area contributed by atoms with E-state index in [0.29, 0.717) is 5.92 Å². The summed E-state index contributed by atoms with van der Waals surface area (Å²) in [6, 6.07) is 8.81. The molecule has 2 rings (SSSR count). The summed E-state index contributed by atoms with van der Waals surface area (Å²) in [5.41, 5.74) is 2.05. The van der Waals surface area contributed by atoms with Crippen molar-refractivity contribution in [1.82, 2.24) is 10.2 Å². The van der Waals surface area contributed by atoms with E-state index >= 15 is 0 Å². The lowest BCUT2D eigenvalue weighted by atomic mass is 9.95. The molecule has 0 aromatic heterocycles. The molecule has 1 fully saturated rings. The number of nitrogens with one attached hydrogen (secondary N) is 1. The lowest BCUT2D eigenvalue weighted by Gasteiger charge is -2.37. The Hall–Kier alpha value is -1.75. The Morgan fingerprint density at radius 2 is 1.88 bits per heavy atom. The number of amides is 1. The van der Waals surface area contributed by atoms with Crippen molar-refractivity contribution >= 4 is 11.8 Å². The van der Waals surface area contributed by atoms with E-state index in [1.807, 2.05) is 34.9 Å². The molecular weight excluding hydrogens is 314 g/mol. The van der Waals surface area contributed by atoms with E-state index < -0.39 is 5.60 Å². The molecule has 0 spiro atoms. The van der Waals surface area contributed by atoms with Gasteiger partial charge in [-0.1, -0.05) is 19.1 Å². The average molecular weight is 348 g/mol. The highest BCUT2D eigenvalue weighted by Crippen LogP contribution is 2.20. The summed E-state index contributed by atoms with van der Waals surface area (Å²) in [7, 11) is 4.10. The molecule has 1 aliphatic rings. The minimum Gasteiger partial charge on any atom is -0.444 e. The fraction of sp³-hybridized carbons (Fsp3) is 0.650. The minimum atomic E-state index is -0.460. The lowest BCUT2D eigenvalue weighted by molar-refractivity contribution is 0.0450. The van der Waals surface area contributed by atoms with E-state index in [9.17, 15) is 4.79 Å². The molecule has 1 N–H and O–H groups in total. The van der Waals surface area contributed by atoms with Crippen LogP contribution < -0.4 is 10.2 Å². The smallest absolute Gasteiger partial charge is 0.407 e. The van der Waals surface area contributed by atoms with Gasteiger partial charge >= 0.3 is 6.09 Å². The number of hydrogen-bond donors (Lipinski definition) is 1. The van der Waals surface area contributed by atoms with Crippen molar-refractivity contribution in [2.24, 2.45) is 5.92 Å². The molecular formula is C20H33N3O2. The molecule has 1 saturated heterocycles. The van der Waals surface area contributed by atoms with Crippen molar-refractivity contribution in [3.8, 4) is 0 Å². The van der Waals surface area contributed by atoms with Crippen molar-refractivity contribution in [1.29, 1.82) is 0 Å². The van der Waals surface area contributed by atoms with Crippen molar-refractivity contribution in [2.45, 2.75) is 52.3 Å². The van der Waals surface area contributed by atoms with Crippen molar-refractivity contribution in [3.63, 3.8) is 0 Å². The van der Waals surface area contributed by atoms with Gasteiger partial charge < -0.3 is 15.0 Å². The second-order valence-electron chi connectivity index (χ2n) is 8.44. The van der Waals surface area contributed by atoms with Gasteiger partial charge in [-0.25, -0.2) is 4.79 Å². The number of piperidine rings is 1. The van der Waals surface area contributed by atoms with Gasteiger partial charge in [-0.05, 0) is 50.8 Å². The first-order valence-electron chi connectivity index (χ1n) is 9.10. The maximum absolute atomic E-state index is 12.0. The predicted molar refractivity (Wildman–Crippen MR) is 103 cm³/mol. The van der Waals surface area contributed by atoms with Crippen LogP contribution in [0, 0.1) is 5.92 Å². The molecule has 1 aliphatic heterocycles. The molecule has 1 aromatic rings. The molecule has 140 valence electrons. The number of hydrogen-bond acceptors (Lipinski definition) is 4. The van der Waals surface area contributed by atoms with Crippen molar-refractivity contribution in [3.05, 3.63) is 29.8 Å². The zero-order valence-corrected chi connectivity index (χ0v) is 16.5. The van der Waals surface area contributed by atoms with Crippen LogP contribution in [0.5, 0.6) is 0 Å². The number of carbonyl (C=O) groups excluding carboxylic acids is 1. The Bertz CT molecular complexity index is 563. The van der Waals surface area contributed by atoms with Gasteiger partial charge in [0, 0.05) is 45.5 Å². The topological polar surface area (TPSA) is 44.8 Å². The largest absolute Gasteiger partial charge is 0.444 e. The number of benzene rings is 1. The van der Waals surface area contributed by atoms with Gasteiger partial charge in [-0.3, -0.25) is 4.90 Å². The number of ether oxygens (including phenoxy) is 1. The first-order valence-corrected chi connectivity index (χ1v) is 9.10. The molecule has 1 aromatic carbocycles. The van der Waals surface area contributed by atoms with Gasteiger partial charge in [0.1, 0.15) is 5.60 Å². The van der Waals surface area contributed by atoms with E-state index in [-0.39, 0.29) is 12.1 Å². The quantitative estimate of drug-likeness (QED) is 0.905. The third-order valence-electron chi connectivity index (χ3n) is 4.32. The van der Waals surface area contributed by atoms with E-state index in [1.54, 1.807) is 0 Å². The molecule has 0 aliphatic carbocycles. The second kappa shape index (κ2) is 8.09. The van der Waals surface area contributed by atoms with Crippen molar-refractivity contribution < 1.29 is 9.53 Å².